The third kappa shape index (κ3) is 11.0. The van der Waals surface area contributed by atoms with Gasteiger partial charge in [0.05, 0.1) is 6.61 Å². The highest BCUT2D eigenvalue weighted by Crippen LogP contribution is 2.40. The minimum Gasteiger partial charge on any atom is -0.459 e. The molecule has 12 heteroatoms. The van der Waals surface area contributed by atoms with Crippen molar-refractivity contribution in [3.63, 3.8) is 0 Å². The van der Waals surface area contributed by atoms with E-state index in [1.807, 2.05) is 0 Å². The maximum atomic E-state index is 11.0. The van der Waals surface area contributed by atoms with Crippen molar-refractivity contribution in [3.05, 3.63) is 12.2 Å². The zero-order valence-corrected chi connectivity index (χ0v) is 11.6. The Kier molecular flexibility index (Phi) is 7.06. The molecule has 1 unspecified atom stereocenters. The van der Waals surface area contributed by atoms with Crippen LogP contribution < -0.4 is 0 Å². The van der Waals surface area contributed by atoms with Crippen molar-refractivity contribution in [1.82, 2.24) is 0 Å². The van der Waals surface area contributed by atoms with Crippen LogP contribution in [0.4, 0.5) is 0 Å². The number of rotatable bonds is 8. The zero-order valence-electron chi connectivity index (χ0n) is 9.83. The second-order valence-corrected chi connectivity index (χ2v) is 5.81. The van der Waals surface area contributed by atoms with E-state index in [9.17, 15) is 13.9 Å². The molecule has 0 saturated carbocycles. The van der Waals surface area contributed by atoms with Crippen LogP contribution in [0.25, 0.3) is 0 Å². The fourth-order valence-corrected chi connectivity index (χ4v) is 1.65. The predicted octanol–water partition coefficient (Wildman–Crippen LogP) is -0.307. The average Bonchev–Trinajstić information content (AvgIpc) is 2.18. The predicted molar refractivity (Wildman–Crippen MR) is 60.7 cm³/mol. The van der Waals surface area contributed by atoms with Gasteiger partial charge in [0.25, 0.3) is 0 Å². The van der Waals surface area contributed by atoms with Crippen LogP contribution in [0, 0.1) is 0 Å². The second kappa shape index (κ2) is 7.28. The van der Waals surface area contributed by atoms with Gasteiger partial charge in [-0.2, -0.15) is 0 Å². The number of ether oxygens (including phenoxy) is 1. The molecule has 0 amide bonds. The Morgan fingerprint density at radius 2 is 1.68 bits per heavy atom. The summed E-state index contributed by atoms with van der Waals surface area (Å²) in [5.41, 5.74) is 0.0332. The maximum Gasteiger partial charge on any atom is 0.470 e. The highest BCUT2D eigenvalue weighted by molar-refractivity contribution is 7.46. The highest BCUT2D eigenvalue weighted by Gasteiger charge is 2.27. The smallest absolute Gasteiger partial charge is 0.459 e. The Hall–Kier alpha value is -0.570. The molecule has 0 aromatic heterocycles. The van der Waals surface area contributed by atoms with Crippen molar-refractivity contribution in [3.8, 4) is 0 Å². The van der Waals surface area contributed by atoms with Crippen LogP contribution in [-0.4, -0.2) is 44.9 Å². The summed E-state index contributed by atoms with van der Waals surface area (Å²) in [6.07, 6.45) is -1.54. The Morgan fingerprint density at radius 1 is 1.16 bits per heavy atom. The molecule has 0 bridgehead atoms. The van der Waals surface area contributed by atoms with Crippen LogP contribution in [0.3, 0.4) is 0 Å². The molecule has 0 aromatic rings. The Bertz CT molecular complexity index is 420. The summed E-state index contributed by atoms with van der Waals surface area (Å²) in [4.78, 5) is 45.1. The molecule has 4 N–H and O–H groups in total. The van der Waals surface area contributed by atoms with E-state index in [0.717, 1.165) is 0 Å². The van der Waals surface area contributed by atoms with Crippen LogP contribution in [0.5, 0.6) is 0 Å². The van der Waals surface area contributed by atoms with Gasteiger partial charge in [-0.1, -0.05) is 6.58 Å². The van der Waals surface area contributed by atoms with E-state index in [1.54, 1.807) is 0 Å². The summed E-state index contributed by atoms with van der Waals surface area (Å²) >= 11 is 0. The van der Waals surface area contributed by atoms with Gasteiger partial charge in [-0.05, 0) is 6.92 Å². The van der Waals surface area contributed by atoms with Gasteiger partial charge in [-0.25, -0.2) is 13.9 Å². The molecule has 0 heterocycles. The molecule has 0 fully saturated rings. The van der Waals surface area contributed by atoms with Gasteiger partial charge in [-0.15, -0.1) is 0 Å². The number of hydrogen-bond acceptors (Lipinski definition) is 6. The first kappa shape index (κ1) is 18.4. The quantitative estimate of drug-likeness (QED) is 0.265. The summed E-state index contributed by atoms with van der Waals surface area (Å²) in [5.74, 6) is -0.851. The number of esters is 1. The van der Waals surface area contributed by atoms with E-state index in [2.05, 4.69) is 20.4 Å². The van der Waals surface area contributed by atoms with Gasteiger partial charge in [-0.3, -0.25) is 9.05 Å². The molecule has 0 rings (SSSR count). The van der Waals surface area contributed by atoms with Gasteiger partial charge >= 0.3 is 21.6 Å². The molecule has 0 aliphatic rings. The first-order valence-electron chi connectivity index (χ1n) is 4.67. The summed E-state index contributed by atoms with van der Waals surface area (Å²) in [5, 5.41) is 0. The second-order valence-electron chi connectivity index (χ2n) is 3.38. The average molecular weight is 320 g/mol. The lowest BCUT2D eigenvalue weighted by Crippen LogP contribution is -2.26. The fraction of sp³-hybridized carbons (Fsp3) is 0.571. The van der Waals surface area contributed by atoms with E-state index in [4.69, 9.17) is 19.6 Å². The first-order valence-corrected chi connectivity index (χ1v) is 7.73. The summed E-state index contributed by atoms with van der Waals surface area (Å²) in [6, 6.07) is 0. The molecule has 0 aliphatic carbocycles. The molecule has 0 spiro atoms. The molecular formula is C7H14O10P2. The SMILES string of the molecule is C=C(C)C(=O)OCC(COP(=O)(O)O)OP(=O)(O)O. The molecule has 0 saturated heterocycles. The molecule has 0 radical (unpaired) electrons. The number of phosphoric ester groups is 2. The fourth-order valence-electron chi connectivity index (χ4n) is 0.775. The largest absolute Gasteiger partial charge is 0.470 e. The van der Waals surface area contributed by atoms with Crippen LogP contribution in [0.15, 0.2) is 12.2 Å². The van der Waals surface area contributed by atoms with Crippen molar-refractivity contribution in [2.75, 3.05) is 13.2 Å². The topological polar surface area (TPSA) is 160 Å². The number of carbonyl (C=O) groups is 1. The lowest BCUT2D eigenvalue weighted by Gasteiger charge is -2.18. The van der Waals surface area contributed by atoms with E-state index >= 15 is 0 Å². The van der Waals surface area contributed by atoms with Gasteiger partial charge in [0.1, 0.15) is 12.7 Å². The Labute approximate surface area is 108 Å². The van der Waals surface area contributed by atoms with Crippen LogP contribution in [0.2, 0.25) is 0 Å². The monoisotopic (exact) mass is 320 g/mol. The zero-order chi connectivity index (χ0) is 15.3. The molecule has 0 aliphatic heterocycles. The molecule has 19 heavy (non-hydrogen) atoms. The molecular weight excluding hydrogens is 306 g/mol. The number of carbonyl (C=O) groups excluding carboxylic acids is 1. The minimum absolute atomic E-state index is 0.0332. The molecule has 112 valence electrons. The lowest BCUT2D eigenvalue weighted by atomic mass is 10.3. The van der Waals surface area contributed by atoms with Gasteiger partial charge < -0.3 is 24.3 Å². The van der Waals surface area contributed by atoms with E-state index in [0.29, 0.717) is 0 Å². The maximum absolute atomic E-state index is 11.0. The van der Waals surface area contributed by atoms with E-state index < -0.39 is 40.9 Å². The van der Waals surface area contributed by atoms with Crippen LogP contribution >= 0.6 is 15.6 Å². The minimum atomic E-state index is -4.93. The summed E-state index contributed by atoms with van der Waals surface area (Å²) in [7, 11) is -9.78. The van der Waals surface area contributed by atoms with Gasteiger partial charge in [0.2, 0.25) is 0 Å². The lowest BCUT2D eigenvalue weighted by molar-refractivity contribution is -0.142. The van der Waals surface area contributed by atoms with E-state index in [-0.39, 0.29) is 5.57 Å². The summed E-state index contributed by atoms with van der Waals surface area (Å²) in [6.45, 7) is 3.06. The molecule has 0 aromatic carbocycles. The number of phosphoric acid groups is 2. The Morgan fingerprint density at radius 3 is 2.05 bits per heavy atom. The Balaban J connectivity index is 4.51. The van der Waals surface area contributed by atoms with Gasteiger partial charge in [0.15, 0.2) is 0 Å². The van der Waals surface area contributed by atoms with Crippen LogP contribution in [-0.2, 0) is 27.7 Å². The van der Waals surface area contributed by atoms with E-state index in [1.165, 1.54) is 6.92 Å². The molecule has 10 nitrogen and oxygen atoms in total. The van der Waals surface area contributed by atoms with Crippen molar-refractivity contribution in [1.29, 1.82) is 0 Å². The first-order chi connectivity index (χ1) is 8.41. The third-order valence-electron chi connectivity index (χ3n) is 1.46. The van der Waals surface area contributed by atoms with Gasteiger partial charge in [0, 0.05) is 5.57 Å². The third-order valence-corrected chi connectivity index (χ3v) is 2.52. The van der Waals surface area contributed by atoms with Crippen molar-refractivity contribution in [2.24, 2.45) is 0 Å². The summed E-state index contributed by atoms with van der Waals surface area (Å²) < 4.78 is 33.8. The van der Waals surface area contributed by atoms with Crippen molar-refractivity contribution >= 4 is 21.6 Å². The van der Waals surface area contributed by atoms with Crippen LogP contribution in [0.1, 0.15) is 6.92 Å². The number of hydrogen-bond donors (Lipinski definition) is 4. The molecule has 1 atom stereocenters. The normalized spacial score (nSPS) is 13.9. The standard InChI is InChI=1S/C7H14O10P2/c1-5(2)7(8)15-3-6(17-19(12,13)14)4-16-18(9,10)11/h6H,1,3-4H2,2H3,(H2,9,10,11)(H2,12,13,14). The highest BCUT2D eigenvalue weighted by atomic mass is 31.2. The van der Waals surface area contributed by atoms with Crippen molar-refractivity contribution < 1.29 is 47.3 Å². The van der Waals surface area contributed by atoms with Crippen molar-refractivity contribution in [2.45, 2.75) is 13.0 Å².